The van der Waals surface area contributed by atoms with Gasteiger partial charge in [0.2, 0.25) is 5.91 Å². The van der Waals surface area contributed by atoms with E-state index in [1.807, 2.05) is 24.3 Å². The summed E-state index contributed by atoms with van der Waals surface area (Å²) in [6, 6.07) is 7.49. The average Bonchev–Trinajstić information content (AvgIpc) is 2.36. The van der Waals surface area contributed by atoms with Gasteiger partial charge in [0.15, 0.2) is 0 Å². The molecule has 4 nitrogen and oxygen atoms in total. The molecule has 0 saturated heterocycles. The van der Waals surface area contributed by atoms with Gasteiger partial charge in [0.1, 0.15) is 5.75 Å². The Labute approximate surface area is 121 Å². The zero-order valence-electron chi connectivity index (χ0n) is 11.5. The van der Waals surface area contributed by atoms with Gasteiger partial charge in [-0.2, -0.15) is 0 Å². The van der Waals surface area contributed by atoms with Crippen LogP contribution in [0.2, 0.25) is 0 Å². The maximum atomic E-state index is 11.3. The lowest BCUT2D eigenvalue weighted by molar-refractivity contribution is -0.121. The Kier molecular flexibility index (Phi) is 9.00. The van der Waals surface area contributed by atoms with Crippen LogP contribution in [0.15, 0.2) is 24.3 Å². The Morgan fingerprint density at radius 3 is 2.84 bits per heavy atom. The SMILES string of the molecule is CCCOc1cccc(CCNC(=O)C(C)N)c1.Cl. The molecule has 0 saturated carbocycles. The smallest absolute Gasteiger partial charge is 0.236 e. The maximum absolute atomic E-state index is 11.3. The van der Waals surface area contributed by atoms with Crippen molar-refractivity contribution in [3.63, 3.8) is 0 Å². The normalized spacial score (nSPS) is 11.3. The van der Waals surface area contributed by atoms with Gasteiger partial charge in [-0.05, 0) is 37.5 Å². The summed E-state index contributed by atoms with van der Waals surface area (Å²) in [6.07, 6.45) is 1.77. The Morgan fingerprint density at radius 1 is 1.47 bits per heavy atom. The third-order valence-corrected chi connectivity index (χ3v) is 2.50. The highest BCUT2D eigenvalue weighted by Crippen LogP contribution is 2.13. The van der Waals surface area contributed by atoms with E-state index in [-0.39, 0.29) is 18.3 Å². The first-order valence-electron chi connectivity index (χ1n) is 6.38. The lowest BCUT2D eigenvalue weighted by Gasteiger charge is -2.09. The molecule has 1 amide bonds. The first-order chi connectivity index (χ1) is 8.63. The lowest BCUT2D eigenvalue weighted by Crippen LogP contribution is -2.39. The van der Waals surface area contributed by atoms with Crippen molar-refractivity contribution >= 4 is 18.3 Å². The van der Waals surface area contributed by atoms with Crippen LogP contribution in [0.4, 0.5) is 0 Å². The van der Waals surface area contributed by atoms with Gasteiger partial charge in [0.05, 0.1) is 12.6 Å². The van der Waals surface area contributed by atoms with Crippen LogP contribution in [-0.2, 0) is 11.2 Å². The van der Waals surface area contributed by atoms with Crippen molar-refractivity contribution in [2.24, 2.45) is 5.73 Å². The van der Waals surface area contributed by atoms with Crippen LogP contribution < -0.4 is 15.8 Å². The van der Waals surface area contributed by atoms with Gasteiger partial charge >= 0.3 is 0 Å². The number of hydrogen-bond acceptors (Lipinski definition) is 3. The summed E-state index contributed by atoms with van der Waals surface area (Å²) < 4.78 is 5.55. The molecule has 0 spiro atoms. The third-order valence-electron chi connectivity index (χ3n) is 2.50. The molecule has 1 unspecified atom stereocenters. The molecular formula is C14H23ClN2O2. The van der Waals surface area contributed by atoms with Crippen LogP contribution >= 0.6 is 12.4 Å². The molecule has 108 valence electrons. The summed E-state index contributed by atoms with van der Waals surface area (Å²) in [7, 11) is 0. The monoisotopic (exact) mass is 286 g/mol. The minimum absolute atomic E-state index is 0. The number of ether oxygens (including phenoxy) is 1. The Morgan fingerprint density at radius 2 is 2.21 bits per heavy atom. The second kappa shape index (κ2) is 9.64. The molecule has 5 heteroatoms. The lowest BCUT2D eigenvalue weighted by atomic mass is 10.1. The molecule has 0 aromatic heterocycles. The number of rotatable bonds is 7. The zero-order valence-corrected chi connectivity index (χ0v) is 12.3. The van der Waals surface area contributed by atoms with Gasteiger partial charge < -0.3 is 15.8 Å². The van der Waals surface area contributed by atoms with Gasteiger partial charge in [-0.25, -0.2) is 0 Å². The van der Waals surface area contributed by atoms with Crippen molar-refractivity contribution in [2.75, 3.05) is 13.2 Å². The molecule has 1 aromatic carbocycles. The summed E-state index contributed by atoms with van der Waals surface area (Å²) in [5, 5.41) is 2.79. The van der Waals surface area contributed by atoms with E-state index >= 15 is 0 Å². The van der Waals surface area contributed by atoms with Gasteiger partial charge in [-0.1, -0.05) is 19.1 Å². The molecule has 0 bridgehead atoms. The Balaban J connectivity index is 0.00000324. The largest absolute Gasteiger partial charge is 0.494 e. The Hall–Kier alpha value is -1.26. The van der Waals surface area contributed by atoms with E-state index in [0.717, 1.165) is 30.8 Å². The van der Waals surface area contributed by atoms with Crippen LogP contribution in [0.1, 0.15) is 25.8 Å². The first-order valence-corrected chi connectivity index (χ1v) is 6.38. The van der Waals surface area contributed by atoms with Crippen LogP contribution in [0, 0.1) is 0 Å². The van der Waals surface area contributed by atoms with Gasteiger partial charge in [-0.15, -0.1) is 12.4 Å². The van der Waals surface area contributed by atoms with E-state index in [1.165, 1.54) is 0 Å². The fraction of sp³-hybridized carbons (Fsp3) is 0.500. The van der Waals surface area contributed by atoms with Gasteiger partial charge in [0.25, 0.3) is 0 Å². The highest BCUT2D eigenvalue weighted by atomic mass is 35.5. The molecule has 19 heavy (non-hydrogen) atoms. The second-order valence-corrected chi connectivity index (χ2v) is 4.33. The standard InChI is InChI=1S/C14H22N2O2.ClH/c1-3-9-18-13-6-4-5-12(10-13)7-8-16-14(17)11(2)15;/h4-6,10-11H,3,7-9,15H2,1-2H3,(H,16,17);1H. The fourth-order valence-electron chi connectivity index (χ4n) is 1.50. The molecule has 0 radical (unpaired) electrons. The number of amides is 1. The summed E-state index contributed by atoms with van der Waals surface area (Å²) >= 11 is 0. The number of hydrogen-bond donors (Lipinski definition) is 2. The number of nitrogens with two attached hydrogens (primary N) is 1. The third kappa shape index (κ3) is 7.03. The highest BCUT2D eigenvalue weighted by molar-refractivity contribution is 5.85. The first kappa shape index (κ1) is 17.7. The van der Waals surface area contributed by atoms with Crippen molar-refractivity contribution < 1.29 is 9.53 Å². The summed E-state index contributed by atoms with van der Waals surface area (Å²) in [6.45, 7) is 5.07. The zero-order chi connectivity index (χ0) is 13.4. The molecule has 0 aliphatic carbocycles. The number of halogens is 1. The van der Waals surface area contributed by atoms with E-state index in [4.69, 9.17) is 10.5 Å². The number of nitrogens with one attached hydrogen (secondary N) is 1. The van der Waals surface area contributed by atoms with Crippen LogP contribution in [0.25, 0.3) is 0 Å². The summed E-state index contributed by atoms with van der Waals surface area (Å²) in [5.41, 5.74) is 6.61. The molecule has 0 aliphatic rings. The number of carbonyl (C=O) groups excluding carboxylic acids is 1. The molecule has 0 aliphatic heterocycles. The molecule has 1 rings (SSSR count). The molecule has 1 aromatic rings. The molecular weight excluding hydrogens is 264 g/mol. The molecule has 0 fully saturated rings. The van der Waals surface area contributed by atoms with E-state index in [1.54, 1.807) is 6.92 Å². The van der Waals surface area contributed by atoms with Gasteiger partial charge in [0, 0.05) is 6.54 Å². The highest BCUT2D eigenvalue weighted by Gasteiger charge is 2.05. The van der Waals surface area contributed by atoms with Crippen LogP contribution in [-0.4, -0.2) is 25.1 Å². The Bertz CT molecular complexity index is 383. The van der Waals surface area contributed by atoms with Crippen molar-refractivity contribution in [3.8, 4) is 5.75 Å². The van der Waals surface area contributed by atoms with E-state index in [9.17, 15) is 4.79 Å². The van der Waals surface area contributed by atoms with E-state index in [0.29, 0.717) is 6.54 Å². The van der Waals surface area contributed by atoms with Crippen molar-refractivity contribution in [2.45, 2.75) is 32.7 Å². The molecule has 0 heterocycles. The predicted octanol–water partition coefficient (Wildman–Crippen LogP) is 1.90. The minimum atomic E-state index is -0.454. The summed E-state index contributed by atoms with van der Waals surface area (Å²) in [5.74, 6) is 0.765. The molecule has 3 N–H and O–H groups in total. The summed E-state index contributed by atoms with van der Waals surface area (Å²) in [4.78, 5) is 11.3. The van der Waals surface area contributed by atoms with Gasteiger partial charge in [-0.3, -0.25) is 4.79 Å². The van der Waals surface area contributed by atoms with E-state index in [2.05, 4.69) is 12.2 Å². The maximum Gasteiger partial charge on any atom is 0.236 e. The minimum Gasteiger partial charge on any atom is -0.494 e. The predicted molar refractivity (Wildman–Crippen MR) is 79.8 cm³/mol. The second-order valence-electron chi connectivity index (χ2n) is 4.33. The van der Waals surface area contributed by atoms with Crippen LogP contribution in [0.3, 0.4) is 0 Å². The van der Waals surface area contributed by atoms with Crippen LogP contribution in [0.5, 0.6) is 5.75 Å². The average molecular weight is 287 g/mol. The van der Waals surface area contributed by atoms with Crippen molar-refractivity contribution in [1.29, 1.82) is 0 Å². The quantitative estimate of drug-likeness (QED) is 0.805. The molecule has 1 atom stereocenters. The van der Waals surface area contributed by atoms with Crippen molar-refractivity contribution in [3.05, 3.63) is 29.8 Å². The number of benzene rings is 1. The van der Waals surface area contributed by atoms with E-state index < -0.39 is 6.04 Å². The fourth-order valence-corrected chi connectivity index (χ4v) is 1.50. The number of carbonyl (C=O) groups is 1. The topological polar surface area (TPSA) is 64.3 Å². The van der Waals surface area contributed by atoms with Crippen molar-refractivity contribution in [1.82, 2.24) is 5.32 Å².